The fraction of sp³-hybridized carbons (Fsp3) is 0.308. The first-order chi connectivity index (χ1) is 9.08. The van der Waals surface area contributed by atoms with E-state index >= 15 is 0 Å². The van der Waals surface area contributed by atoms with Crippen LogP contribution in [-0.4, -0.2) is 23.9 Å². The zero-order valence-electron chi connectivity index (χ0n) is 11.1. The van der Waals surface area contributed by atoms with Crippen LogP contribution in [0.1, 0.15) is 5.56 Å². The molecule has 0 amide bonds. The van der Waals surface area contributed by atoms with Crippen LogP contribution in [0.15, 0.2) is 27.5 Å². The maximum Gasteiger partial charge on any atom is 0.271 e. The first-order valence-corrected chi connectivity index (χ1v) is 6.64. The van der Waals surface area contributed by atoms with E-state index in [0.29, 0.717) is 12.1 Å². The van der Waals surface area contributed by atoms with E-state index in [2.05, 4.69) is 26.3 Å². The molecule has 0 unspecified atom stereocenters. The second kappa shape index (κ2) is 5.63. The highest BCUT2D eigenvalue weighted by molar-refractivity contribution is 9.10. The number of aromatic nitrogens is 2. The van der Waals surface area contributed by atoms with Crippen molar-refractivity contribution in [2.75, 3.05) is 14.2 Å². The Hall–Kier alpha value is -1.53. The molecule has 0 bridgehead atoms. The molecule has 0 radical (unpaired) electrons. The summed E-state index contributed by atoms with van der Waals surface area (Å²) < 4.78 is 7.77. The van der Waals surface area contributed by atoms with Crippen molar-refractivity contribution in [1.29, 1.82) is 0 Å². The Bertz CT molecular complexity index is 646. The first-order valence-electron chi connectivity index (χ1n) is 5.85. The molecule has 6 heteroatoms. The molecular weight excluding hydrogens is 310 g/mol. The van der Waals surface area contributed by atoms with Crippen LogP contribution in [0, 0.1) is 0 Å². The Morgan fingerprint density at radius 3 is 2.84 bits per heavy atom. The Kier molecular flexibility index (Phi) is 4.11. The molecular formula is C13H16BrN3O2. The predicted molar refractivity (Wildman–Crippen MR) is 78.5 cm³/mol. The van der Waals surface area contributed by atoms with Crippen molar-refractivity contribution in [1.82, 2.24) is 15.1 Å². The Morgan fingerprint density at radius 2 is 2.21 bits per heavy atom. The standard InChI is InChI=1S/C13H16BrN3O2/c1-15-7-10-12(16-17(2)13(10)18)9-6-8(14)4-5-11(9)19-3/h4-6,15-16H,7H2,1-3H3. The molecule has 0 saturated heterocycles. The monoisotopic (exact) mass is 325 g/mol. The maximum absolute atomic E-state index is 12.1. The molecule has 2 rings (SSSR count). The molecule has 1 aromatic carbocycles. The summed E-state index contributed by atoms with van der Waals surface area (Å²) in [5.41, 5.74) is 2.30. The summed E-state index contributed by atoms with van der Waals surface area (Å²) in [5.74, 6) is 0.724. The lowest BCUT2D eigenvalue weighted by atomic mass is 10.1. The smallest absolute Gasteiger partial charge is 0.271 e. The highest BCUT2D eigenvalue weighted by Crippen LogP contribution is 2.32. The van der Waals surface area contributed by atoms with Crippen LogP contribution in [0.25, 0.3) is 11.3 Å². The number of aromatic amines is 1. The van der Waals surface area contributed by atoms with Crippen LogP contribution in [0.4, 0.5) is 0 Å². The highest BCUT2D eigenvalue weighted by Gasteiger charge is 2.17. The minimum atomic E-state index is -0.0358. The molecule has 1 heterocycles. The lowest BCUT2D eigenvalue weighted by Crippen LogP contribution is -2.19. The summed E-state index contributed by atoms with van der Waals surface area (Å²) in [6.45, 7) is 0.501. The van der Waals surface area contributed by atoms with Gasteiger partial charge in [0, 0.05) is 23.6 Å². The number of benzene rings is 1. The van der Waals surface area contributed by atoms with E-state index in [1.165, 1.54) is 4.68 Å². The average molecular weight is 326 g/mol. The summed E-state index contributed by atoms with van der Waals surface area (Å²) >= 11 is 3.44. The predicted octanol–water partition coefficient (Wildman–Crippen LogP) is 1.87. The van der Waals surface area contributed by atoms with E-state index in [4.69, 9.17) is 4.74 Å². The number of aryl methyl sites for hydroxylation is 1. The molecule has 1 aromatic heterocycles. The largest absolute Gasteiger partial charge is 0.496 e. The van der Waals surface area contributed by atoms with Crippen LogP contribution in [0.5, 0.6) is 5.75 Å². The average Bonchev–Trinajstić information content (AvgIpc) is 2.67. The third-order valence-corrected chi connectivity index (χ3v) is 3.42. The Morgan fingerprint density at radius 1 is 1.47 bits per heavy atom. The molecule has 0 aliphatic rings. The summed E-state index contributed by atoms with van der Waals surface area (Å²) in [5, 5.41) is 6.09. The summed E-state index contributed by atoms with van der Waals surface area (Å²) in [6, 6.07) is 5.71. The Labute approximate surface area is 119 Å². The lowest BCUT2D eigenvalue weighted by Gasteiger charge is -2.09. The molecule has 0 aliphatic carbocycles. The van der Waals surface area contributed by atoms with E-state index < -0.39 is 0 Å². The van der Waals surface area contributed by atoms with Gasteiger partial charge in [0.25, 0.3) is 5.56 Å². The van der Waals surface area contributed by atoms with Crippen molar-refractivity contribution in [2.24, 2.45) is 7.05 Å². The van der Waals surface area contributed by atoms with Crippen molar-refractivity contribution in [3.63, 3.8) is 0 Å². The SMILES string of the molecule is CNCc1c(-c2cc(Br)ccc2OC)[nH]n(C)c1=O. The van der Waals surface area contributed by atoms with E-state index in [1.807, 2.05) is 25.2 Å². The van der Waals surface area contributed by atoms with Gasteiger partial charge in [-0.1, -0.05) is 15.9 Å². The third-order valence-electron chi connectivity index (χ3n) is 2.93. The number of rotatable bonds is 4. The molecule has 0 aliphatic heterocycles. The second-order valence-corrected chi connectivity index (χ2v) is 5.12. The summed E-state index contributed by atoms with van der Waals surface area (Å²) in [4.78, 5) is 12.1. The lowest BCUT2D eigenvalue weighted by molar-refractivity contribution is 0.416. The normalized spacial score (nSPS) is 10.7. The van der Waals surface area contributed by atoms with Gasteiger partial charge in [-0.2, -0.15) is 0 Å². The van der Waals surface area contributed by atoms with Crippen LogP contribution in [0.2, 0.25) is 0 Å². The molecule has 0 saturated carbocycles. The van der Waals surface area contributed by atoms with Gasteiger partial charge in [0.1, 0.15) is 5.75 Å². The van der Waals surface area contributed by atoms with E-state index in [1.54, 1.807) is 14.2 Å². The highest BCUT2D eigenvalue weighted by atomic mass is 79.9. The molecule has 2 N–H and O–H groups in total. The van der Waals surface area contributed by atoms with Crippen molar-refractivity contribution in [2.45, 2.75) is 6.54 Å². The zero-order valence-corrected chi connectivity index (χ0v) is 12.7. The minimum absolute atomic E-state index is 0.0358. The number of nitrogens with zero attached hydrogens (tertiary/aromatic N) is 1. The van der Waals surface area contributed by atoms with Crippen molar-refractivity contribution >= 4 is 15.9 Å². The summed E-state index contributed by atoms with van der Waals surface area (Å²) in [6.07, 6.45) is 0. The molecule has 5 nitrogen and oxygen atoms in total. The molecule has 102 valence electrons. The fourth-order valence-corrected chi connectivity index (χ4v) is 2.40. The Balaban J connectivity index is 2.67. The van der Waals surface area contributed by atoms with Crippen LogP contribution in [0.3, 0.4) is 0 Å². The van der Waals surface area contributed by atoms with Crippen molar-refractivity contribution in [3.05, 3.63) is 38.6 Å². The molecule has 0 spiro atoms. The number of nitrogens with one attached hydrogen (secondary N) is 2. The topological polar surface area (TPSA) is 59.0 Å². The molecule has 2 aromatic rings. The van der Waals surface area contributed by atoms with E-state index in [-0.39, 0.29) is 5.56 Å². The fourth-order valence-electron chi connectivity index (χ4n) is 2.03. The van der Waals surface area contributed by atoms with Crippen LogP contribution >= 0.6 is 15.9 Å². The third kappa shape index (κ3) is 2.59. The van der Waals surface area contributed by atoms with E-state index in [0.717, 1.165) is 21.5 Å². The number of ether oxygens (including phenoxy) is 1. The summed E-state index contributed by atoms with van der Waals surface area (Å²) in [7, 11) is 5.13. The van der Waals surface area contributed by atoms with Gasteiger partial charge < -0.3 is 10.1 Å². The maximum atomic E-state index is 12.1. The van der Waals surface area contributed by atoms with E-state index in [9.17, 15) is 4.79 Å². The van der Waals surface area contributed by atoms with Crippen molar-refractivity contribution < 1.29 is 4.74 Å². The number of H-pyrrole nitrogens is 1. The molecule has 19 heavy (non-hydrogen) atoms. The van der Waals surface area contributed by atoms with Gasteiger partial charge in [-0.15, -0.1) is 0 Å². The quantitative estimate of drug-likeness (QED) is 0.902. The van der Waals surface area contributed by atoms with Gasteiger partial charge in [0.05, 0.1) is 18.4 Å². The minimum Gasteiger partial charge on any atom is -0.496 e. The van der Waals surface area contributed by atoms with Gasteiger partial charge >= 0.3 is 0 Å². The van der Waals surface area contributed by atoms with Gasteiger partial charge in [-0.3, -0.25) is 14.6 Å². The van der Waals surface area contributed by atoms with Crippen LogP contribution in [-0.2, 0) is 13.6 Å². The van der Waals surface area contributed by atoms with Gasteiger partial charge in [-0.05, 0) is 25.2 Å². The molecule has 0 atom stereocenters. The van der Waals surface area contributed by atoms with Gasteiger partial charge in [0.2, 0.25) is 0 Å². The van der Waals surface area contributed by atoms with Gasteiger partial charge in [-0.25, -0.2) is 0 Å². The van der Waals surface area contributed by atoms with Crippen LogP contribution < -0.4 is 15.6 Å². The number of hydrogen-bond acceptors (Lipinski definition) is 3. The zero-order chi connectivity index (χ0) is 14.0. The first kappa shape index (κ1) is 13.9. The van der Waals surface area contributed by atoms with Gasteiger partial charge in [0.15, 0.2) is 0 Å². The number of hydrogen-bond donors (Lipinski definition) is 2. The molecule has 0 fully saturated rings. The second-order valence-electron chi connectivity index (χ2n) is 4.20. The number of methoxy groups -OCH3 is 1. The number of halogens is 1. The van der Waals surface area contributed by atoms with Crippen molar-refractivity contribution in [3.8, 4) is 17.0 Å².